The van der Waals surface area contributed by atoms with Crippen molar-refractivity contribution in [2.45, 2.75) is 25.7 Å². The number of para-hydroxylation sites is 1. The fraction of sp³-hybridized carbons (Fsp3) is 0.143. The standard InChI is InChI=1S/C21H20BrNO2S/c1-15-13-16(2)21(17(3)14-15)23(19-7-5-4-6-8-19)26(24,25)20-11-9-18(22)10-12-20/h4-14H,1-3H3. The van der Waals surface area contributed by atoms with Crippen LogP contribution in [0.5, 0.6) is 0 Å². The maximum Gasteiger partial charge on any atom is 0.268 e. The highest BCUT2D eigenvalue weighted by atomic mass is 79.9. The molecular weight excluding hydrogens is 410 g/mol. The van der Waals surface area contributed by atoms with E-state index < -0.39 is 10.0 Å². The van der Waals surface area contributed by atoms with Crippen LogP contribution in [-0.4, -0.2) is 8.42 Å². The van der Waals surface area contributed by atoms with Crippen LogP contribution in [0.2, 0.25) is 0 Å². The Morgan fingerprint density at radius 3 is 1.88 bits per heavy atom. The summed E-state index contributed by atoms with van der Waals surface area (Å²) in [6, 6.07) is 19.9. The Kier molecular flexibility index (Phi) is 5.21. The maximum atomic E-state index is 13.5. The van der Waals surface area contributed by atoms with E-state index in [0.717, 1.165) is 21.2 Å². The van der Waals surface area contributed by atoms with Crippen LogP contribution in [0.3, 0.4) is 0 Å². The van der Waals surface area contributed by atoms with Crippen molar-refractivity contribution in [3.8, 4) is 0 Å². The molecule has 0 saturated carbocycles. The first-order chi connectivity index (χ1) is 12.3. The minimum atomic E-state index is -3.77. The second-order valence-electron chi connectivity index (χ2n) is 6.31. The highest BCUT2D eigenvalue weighted by molar-refractivity contribution is 9.10. The fourth-order valence-corrected chi connectivity index (χ4v) is 5.04. The first-order valence-corrected chi connectivity index (χ1v) is 10.5. The number of halogens is 1. The molecule has 0 heterocycles. The summed E-state index contributed by atoms with van der Waals surface area (Å²) in [6.45, 7) is 5.91. The molecular formula is C21H20BrNO2S. The van der Waals surface area contributed by atoms with Gasteiger partial charge in [-0.3, -0.25) is 0 Å². The monoisotopic (exact) mass is 429 g/mol. The van der Waals surface area contributed by atoms with Crippen molar-refractivity contribution >= 4 is 37.3 Å². The molecule has 3 aromatic carbocycles. The van der Waals surface area contributed by atoms with Gasteiger partial charge in [0.05, 0.1) is 16.3 Å². The Balaban J connectivity index is 2.28. The number of rotatable bonds is 4. The molecule has 3 aromatic rings. The summed E-state index contributed by atoms with van der Waals surface area (Å²) < 4.78 is 29.4. The van der Waals surface area contributed by atoms with Crippen LogP contribution in [0, 0.1) is 20.8 Å². The Morgan fingerprint density at radius 2 is 1.35 bits per heavy atom. The molecule has 0 aromatic heterocycles. The van der Waals surface area contributed by atoms with Crippen molar-refractivity contribution in [3.63, 3.8) is 0 Å². The quantitative estimate of drug-likeness (QED) is 0.517. The Labute approximate surface area is 163 Å². The zero-order valence-electron chi connectivity index (χ0n) is 14.9. The number of nitrogens with zero attached hydrogens (tertiary/aromatic N) is 1. The van der Waals surface area contributed by atoms with Crippen molar-refractivity contribution in [2.24, 2.45) is 0 Å². The lowest BCUT2D eigenvalue weighted by Crippen LogP contribution is -2.27. The fourth-order valence-electron chi connectivity index (χ4n) is 3.16. The number of sulfonamides is 1. The number of benzene rings is 3. The lowest BCUT2D eigenvalue weighted by atomic mass is 10.0. The predicted octanol–water partition coefficient (Wildman–Crippen LogP) is 5.90. The van der Waals surface area contributed by atoms with Gasteiger partial charge in [0.1, 0.15) is 0 Å². The molecule has 0 aliphatic heterocycles. The van der Waals surface area contributed by atoms with Gasteiger partial charge in [0, 0.05) is 4.47 Å². The molecule has 134 valence electrons. The lowest BCUT2D eigenvalue weighted by molar-refractivity contribution is 0.596. The first-order valence-electron chi connectivity index (χ1n) is 8.24. The average molecular weight is 430 g/mol. The van der Waals surface area contributed by atoms with Crippen LogP contribution in [0.1, 0.15) is 16.7 Å². The zero-order chi connectivity index (χ0) is 18.9. The third kappa shape index (κ3) is 3.55. The molecule has 0 atom stereocenters. The van der Waals surface area contributed by atoms with Gasteiger partial charge in [-0.25, -0.2) is 12.7 Å². The average Bonchev–Trinajstić information content (AvgIpc) is 2.59. The Hall–Kier alpha value is -2.11. The van der Waals surface area contributed by atoms with Crippen LogP contribution >= 0.6 is 15.9 Å². The summed E-state index contributed by atoms with van der Waals surface area (Å²) in [5, 5.41) is 0. The zero-order valence-corrected chi connectivity index (χ0v) is 17.3. The summed E-state index contributed by atoms with van der Waals surface area (Å²) in [5.41, 5.74) is 4.27. The van der Waals surface area contributed by atoms with E-state index >= 15 is 0 Å². The van der Waals surface area contributed by atoms with Crippen molar-refractivity contribution in [1.82, 2.24) is 0 Å². The van der Waals surface area contributed by atoms with E-state index in [0.29, 0.717) is 11.4 Å². The number of hydrogen-bond acceptors (Lipinski definition) is 2. The van der Waals surface area contributed by atoms with Gasteiger partial charge in [-0.05, 0) is 68.3 Å². The van der Waals surface area contributed by atoms with Crippen LogP contribution in [0.15, 0.2) is 76.1 Å². The molecule has 0 bridgehead atoms. The normalized spacial score (nSPS) is 11.4. The molecule has 0 unspecified atom stereocenters. The molecule has 0 N–H and O–H groups in total. The largest absolute Gasteiger partial charge is 0.268 e. The van der Waals surface area contributed by atoms with E-state index in [4.69, 9.17) is 0 Å². The Morgan fingerprint density at radius 1 is 0.808 bits per heavy atom. The summed E-state index contributed by atoms with van der Waals surface area (Å²) in [7, 11) is -3.77. The van der Waals surface area contributed by atoms with Crippen LogP contribution < -0.4 is 4.31 Å². The lowest BCUT2D eigenvalue weighted by Gasteiger charge is -2.28. The van der Waals surface area contributed by atoms with Gasteiger partial charge in [0.15, 0.2) is 0 Å². The van der Waals surface area contributed by atoms with Gasteiger partial charge in [-0.15, -0.1) is 0 Å². The SMILES string of the molecule is Cc1cc(C)c(N(c2ccccc2)S(=O)(=O)c2ccc(Br)cc2)c(C)c1. The van der Waals surface area contributed by atoms with E-state index in [9.17, 15) is 8.42 Å². The predicted molar refractivity (Wildman–Crippen MR) is 111 cm³/mol. The summed E-state index contributed by atoms with van der Waals surface area (Å²) >= 11 is 3.36. The molecule has 0 radical (unpaired) electrons. The van der Waals surface area contributed by atoms with Crippen molar-refractivity contribution in [3.05, 3.63) is 87.9 Å². The van der Waals surface area contributed by atoms with Crippen molar-refractivity contribution < 1.29 is 8.42 Å². The molecule has 0 fully saturated rings. The van der Waals surface area contributed by atoms with Gasteiger partial charge in [-0.1, -0.05) is 51.8 Å². The van der Waals surface area contributed by atoms with Gasteiger partial charge < -0.3 is 0 Å². The van der Waals surface area contributed by atoms with E-state index in [1.54, 1.807) is 24.3 Å². The van der Waals surface area contributed by atoms with Crippen molar-refractivity contribution in [2.75, 3.05) is 4.31 Å². The second kappa shape index (κ2) is 7.25. The van der Waals surface area contributed by atoms with E-state index in [2.05, 4.69) is 15.9 Å². The van der Waals surface area contributed by atoms with E-state index in [1.165, 1.54) is 4.31 Å². The molecule has 3 nitrogen and oxygen atoms in total. The van der Waals surface area contributed by atoms with E-state index in [-0.39, 0.29) is 4.90 Å². The summed E-state index contributed by atoms with van der Waals surface area (Å²) in [6.07, 6.45) is 0. The van der Waals surface area contributed by atoms with Gasteiger partial charge in [0.2, 0.25) is 0 Å². The van der Waals surface area contributed by atoms with Gasteiger partial charge in [-0.2, -0.15) is 0 Å². The third-order valence-corrected chi connectivity index (χ3v) is 6.45. The van der Waals surface area contributed by atoms with Crippen LogP contribution in [0.25, 0.3) is 0 Å². The second-order valence-corrected chi connectivity index (χ2v) is 9.01. The minimum Gasteiger partial charge on any atom is -0.234 e. The van der Waals surface area contributed by atoms with E-state index in [1.807, 2.05) is 63.2 Å². The molecule has 0 amide bonds. The molecule has 0 saturated heterocycles. The minimum absolute atomic E-state index is 0.254. The molecule has 0 aliphatic carbocycles. The first kappa shape index (κ1) is 18.7. The number of anilines is 2. The number of aryl methyl sites for hydroxylation is 3. The highest BCUT2D eigenvalue weighted by Crippen LogP contribution is 2.37. The molecule has 3 rings (SSSR count). The third-order valence-electron chi connectivity index (χ3n) is 4.18. The molecule has 0 aliphatic rings. The molecule has 0 spiro atoms. The van der Waals surface area contributed by atoms with Gasteiger partial charge in [0.25, 0.3) is 10.0 Å². The smallest absolute Gasteiger partial charge is 0.234 e. The molecule has 26 heavy (non-hydrogen) atoms. The van der Waals surface area contributed by atoms with Crippen LogP contribution in [-0.2, 0) is 10.0 Å². The van der Waals surface area contributed by atoms with Gasteiger partial charge >= 0.3 is 0 Å². The van der Waals surface area contributed by atoms with Crippen LogP contribution in [0.4, 0.5) is 11.4 Å². The Bertz CT molecular complexity index is 1010. The summed E-state index contributed by atoms with van der Waals surface area (Å²) in [5.74, 6) is 0. The number of hydrogen-bond donors (Lipinski definition) is 0. The highest BCUT2D eigenvalue weighted by Gasteiger charge is 2.29. The summed E-state index contributed by atoms with van der Waals surface area (Å²) in [4.78, 5) is 0.254. The molecule has 5 heteroatoms. The van der Waals surface area contributed by atoms with Crippen molar-refractivity contribution in [1.29, 1.82) is 0 Å². The maximum absolute atomic E-state index is 13.5. The topological polar surface area (TPSA) is 37.4 Å².